The molecule has 3 unspecified atom stereocenters. The van der Waals surface area contributed by atoms with E-state index in [1.54, 1.807) is 125 Å². The number of benzene rings is 3. The number of carbonyl (C=O) groups excluding carboxylic acids is 9. The molecule has 9 aliphatic rings. The van der Waals surface area contributed by atoms with Crippen LogP contribution in [0.25, 0.3) is 0 Å². The second-order valence-corrected chi connectivity index (χ2v) is 40.3. The van der Waals surface area contributed by atoms with Crippen molar-refractivity contribution in [3.05, 3.63) is 167 Å². The summed E-state index contributed by atoms with van der Waals surface area (Å²) in [6.45, 7) is 14.6. The number of carbonyl (C=O) groups is 11. The van der Waals surface area contributed by atoms with Crippen molar-refractivity contribution >= 4 is 83.4 Å². The summed E-state index contributed by atoms with van der Waals surface area (Å²) in [5.41, 5.74) is 8.72. The van der Waals surface area contributed by atoms with Crippen LogP contribution in [0.1, 0.15) is 248 Å². The number of pyridine rings is 3. The first-order valence-corrected chi connectivity index (χ1v) is 49.3. The average molecular weight is 1860 g/mol. The lowest BCUT2D eigenvalue weighted by molar-refractivity contribution is -0.171. The lowest BCUT2D eigenvalue weighted by atomic mass is 9.78. The number of ether oxygens (including phenoxy) is 5. The highest BCUT2D eigenvalue weighted by Gasteiger charge is 2.59. The maximum absolute atomic E-state index is 14.2. The molecule has 3 aliphatic carbocycles. The minimum atomic E-state index is -1.26. The molecule has 15 rings (SSSR count). The van der Waals surface area contributed by atoms with Crippen LogP contribution in [0.3, 0.4) is 0 Å². The van der Waals surface area contributed by atoms with Crippen LogP contribution in [0, 0.1) is 53.3 Å². The van der Waals surface area contributed by atoms with Gasteiger partial charge in [0, 0.05) is 57.9 Å². The quantitative estimate of drug-likeness (QED) is 0.0323. The highest BCUT2D eigenvalue weighted by molar-refractivity contribution is 6.10. The lowest BCUT2D eigenvalue weighted by Crippen LogP contribution is -2.69. The third-order valence-electron chi connectivity index (χ3n) is 28.5. The molecule has 0 bridgehead atoms. The monoisotopic (exact) mass is 1860 g/mol. The molecule has 11 amide bonds. The lowest BCUT2D eigenvalue weighted by Gasteiger charge is -2.47. The van der Waals surface area contributed by atoms with Crippen molar-refractivity contribution in [2.75, 3.05) is 69.0 Å². The van der Waals surface area contributed by atoms with Crippen LogP contribution < -0.4 is 25.0 Å². The van der Waals surface area contributed by atoms with Gasteiger partial charge in [-0.3, -0.25) is 24.2 Å². The van der Waals surface area contributed by atoms with Gasteiger partial charge < -0.3 is 54.3 Å². The normalized spacial score (nSPS) is 22.9. The molecule has 9 fully saturated rings. The van der Waals surface area contributed by atoms with Crippen LogP contribution in [0.5, 0.6) is 11.5 Å². The van der Waals surface area contributed by atoms with Gasteiger partial charge in [0.05, 0.1) is 45.1 Å². The maximum Gasteiger partial charge on any atom is 0.416 e. The first kappa shape index (κ1) is 101. The predicted octanol–water partition coefficient (Wildman–Crippen LogP) is 18.3. The molecule has 0 spiro atoms. The van der Waals surface area contributed by atoms with Gasteiger partial charge in [0.25, 0.3) is 0 Å². The van der Waals surface area contributed by atoms with E-state index >= 15 is 0 Å². The van der Waals surface area contributed by atoms with E-state index in [1.807, 2.05) is 66.7 Å². The fourth-order valence-electron chi connectivity index (χ4n) is 21.4. The number of likely N-dealkylation sites (tertiary alicyclic amines) is 6. The average Bonchev–Trinajstić information content (AvgIpc) is 0.759. The standard InChI is InChI=1S/C44H56N4O7.C37H50N4O7.C24H34N4O4/c1-44(2,3)55-43(52)47(28-31-19-21-36(53-4)22-20-31)38-27-33(23-24-45-38)26-37-39(41(50)54-30-32-14-9-8-10-15-32)48(40(37)49)42(51)46-25-13-18-35(29-46)34-16-11-6-5-7-12-17-34;1-37(2,3)48-36(46)40(23-25-14-16-29(47-4)17-15-25)31-22-26(18-19-38-31)21-30-32(34(43)44)41(33(30)42)35(45)39-20-10-13-28(24-39)27-11-8-6-5-7-9-12-27;25-20-14-16(10-11-26-20)13-19-21(23(30)31)28(22(19)29)24(32)27-12-6-9-18(15-27)17-7-4-2-1-3-5-8-17/h8-10,14-15,19-24,27,34-35,37,39H,5-7,11-13,16-18,25-26,28-30H2,1-4H3;14-19,22,27-28,30,32H,5-13,20-21,23-24H2,1-4H3,(H,43,44);10-11,14,17-19,21H,1-9,12-13,15H2,(H2,25,26)(H,30,31)/t35?,37-,39+;28?,30-,32+;18?,19-,21+/m111/s1. The third-order valence-corrected chi connectivity index (χ3v) is 28.5. The van der Waals surface area contributed by atoms with Gasteiger partial charge in [0.15, 0.2) is 18.1 Å². The Morgan fingerprint density at radius 2 is 0.704 bits per heavy atom. The van der Waals surface area contributed by atoms with Crippen molar-refractivity contribution in [2.24, 2.45) is 53.3 Å². The number of rotatable bonds is 22. The summed E-state index contributed by atoms with van der Waals surface area (Å²) in [5, 5.41) is 20.0. The smallest absolute Gasteiger partial charge is 0.416 e. The number of esters is 1. The van der Waals surface area contributed by atoms with Crippen LogP contribution in [0.15, 0.2) is 134 Å². The van der Waals surface area contributed by atoms with Crippen LogP contribution in [-0.4, -0.2) is 203 Å². The molecule has 30 heteroatoms. The van der Waals surface area contributed by atoms with Gasteiger partial charge in [-0.1, -0.05) is 189 Å². The molecule has 6 aliphatic heterocycles. The van der Waals surface area contributed by atoms with E-state index in [9.17, 15) is 63.0 Å². The van der Waals surface area contributed by atoms with Crippen molar-refractivity contribution in [3.8, 4) is 11.5 Å². The summed E-state index contributed by atoms with van der Waals surface area (Å²) in [4.78, 5) is 171. The molecule has 3 aromatic heterocycles. The predicted molar refractivity (Wildman–Crippen MR) is 509 cm³/mol. The summed E-state index contributed by atoms with van der Waals surface area (Å²) < 4.78 is 27.8. The van der Waals surface area contributed by atoms with E-state index in [0.29, 0.717) is 115 Å². The number of methoxy groups -OCH3 is 2. The number of anilines is 3. The number of imide groups is 3. The number of aliphatic carboxylic acids is 2. The van der Waals surface area contributed by atoms with Crippen molar-refractivity contribution < 1.29 is 86.6 Å². The zero-order chi connectivity index (χ0) is 96.0. The molecule has 9 heterocycles. The molecule has 6 aromatic rings. The summed E-state index contributed by atoms with van der Waals surface area (Å²) in [6.07, 6.45) is 35.9. The van der Waals surface area contributed by atoms with Gasteiger partial charge in [0.1, 0.15) is 46.8 Å². The number of hydrogen-bond acceptors (Lipinski definition) is 20. The van der Waals surface area contributed by atoms with Gasteiger partial charge in [-0.25, -0.2) is 68.0 Å². The molecule has 728 valence electrons. The summed E-state index contributed by atoms with van der Waals surface area (Å²) in [6, 6.07) is 29.4. The molecule has 0 radical (unpaired) electrons. The SMILES string of the molecule is COc1ccc(CN(C(=O)OC(C)(C)C)c2cc(C[C@H]3C(=O)N(C(=O)N4CCCC(C5CCCCCCC5)C4)[C@@H]3C(=O)O)ccn2)cc1.COc1ccc(CN(C(=O)OC(C)(C)C)c2cc(C[C@H]3C(=O)N(C(=O)N4CCCC(C5CCCCCCC5)C4)[C@@H]3C(=O)OCc3ccccc3)ccn2)cc1.Nc1cc(C[C@H]2C(=O)N(C(=O)N3CCCC(C4CCCCCCC4)C3)[C@@H]2C(=O)O)ccn1. The third kappa shape index (κ3) is 26.7. The number of piperidine rings is 3. The molecule has 6 saturated heterocycles. The molecular formula is C105H140N12O18. The number of urea groups is 3. The topological polar surface area (TPSA) is 365 Å². The van der Waals surface area contributed by atoms with Gasteiger partial charge in [-0.2, -0.15) is 0 Å². The van der Waals surface area contributed by atoms with Crippen LogP contribution >= 0.6 is 0 Å². The molecule has 4 N–H and O–H groups in total. The van der Waals surface area contributed by atoms with Gasteiger partial charge in [0.2, 0.25) is 17.7 Å². The molecule has 135 heavy (non-hydrogen) atoms. The van der Waals surface area contributed by atoms with E-state index in [2.05, 4.69) is 15.0 Å². The summed E-state index contributed by atoms with van der Waals surface area (Å²) in [5.74, 6) is -1.42. The Morgan fingerprint density at radius 1 is 0.385 bits per heavy atom. The Labute approximate surface area is 794 Å². The number of nitrogens with zero attached hydrogens (tertiary/aromatic N) is 11. The number of aromatic nitrogens is 3. The maximum atomic E-state index is 14.2. The first-order valence-electron chi connectivity index (χ1n) is 49.3. The van der Waals surface area contributed by atoms with Crippen molar-refractivity contribution in [3.63, 3.8) is 0 Å². The fourth-order valence-corrected chi connectivity index (χ4v) is 21.4. The van der Waals surface area contributed by atoms with E-state index in [0.717, 1.165) is 75.5 Å². The van der Waals surface area contributed by atoms with E-state index in [-0.39, 0.29) is 39.0 Å². The largest absolute Gasteiger partial charge is 0.497 e. The Balaban J connectivity index is 0.000000177. The summed E-state index contributed by atoms with van der Waals surface area (Å²) in [7, 11) is 3.17. The van der Waals surface area contributed by atoms with E-state index < -0.39 is 113 Å². The van der Waals surface area contributed by atoms with Crippen LogP contribution in [-0.2, 0) is 81.9 Å². The first-order chi connectivity index (χ1) is 64.9. The zero-order valence-electron chi connectivity index (χ0n) is 80.1. The van der Waals surface area contributed by atoms with Gasteiger partial charge in [-0.05, 0) is 229 Å². The second-order valence-electron chi connectivity index (χ2n) is 40.3. The van der Waals surface area contributed by atoms with Crippen LogP contribution in [0.4, 0.5) is 41.4 Å². The van der Waals surface area contributed by atoms with Crippen molar-refractivity contribution in [2.45, 2.75) is 283 Å². The summed E-state index contributed by atoms with van der Waals surface area (Å²) >= 11 is 0. The number of hydrogen-bond donors (Lipinski definition) is 3. The Kier molecular flexibility index (Phi) is 35.2. The molecule has 3 saturated carbocycles. The number of nitrogens with two attached hydrogens (primary N) is 1. The van der Waals surface area contributed by atoms with Gasteiger partial charge >= 0.3 is 48.2 Å². The Morgan fingerprint density at radius 3 is 1.04 bits per heavy atom. The Hall–Kier alpha value is -11.7. The molecule has 3 aromatic carbocycles. The highest BCUT2D eigenvalue weighted by Crippen LogP contribution is 2.43. The molecular weight excluding hydrogens is 1720 g/mol. The molecule has 9 atom stereocenters. The fraction of sp³-hybridized carbons (Fsp3) is 0.581. The molecule has 30 nitrogen and oxygen atoms in total. The minimum absolute atomic E-state index is 0.0300. The number of nitrogen functional groups attached to an aromatic ring is 1. The van der Waals surface area contributed by atoms with Crippen molar-refractivity contribution in [1.29, 1.82) is 0 Å². The minimum Gasteiger partial charge on any atom is -0.497 e. The van der Waals surface area contributed by atoms with Gasteiger partial charge in [-0.15, -0.1) is 0 Å². The van der Waals surface area contributed by atoms with E-state index in [1.165, 1.54) is 157 Å². The number of carboxylic acids is 2. The van der Waals surface area contributed by atoms with E-state index in [4.69, 9.17) is 29.4 Å². The second kappa shape index (κ2) is 47.2. The number of β-lactam (4-membered cyclic amide) rings is 3. The highest BCUT2D eigenvalue weighted by atomic mass is 16.6. The number of amides is 11. The van der Waals surface area contributed by atoms with Crippen molar-refractivity contribution in [1.82, 2.24) is 44.4 Å². The van der Waals surface area contributed by atoms with Crippen LogP contribution in [0.2, 0.25) is 0 Å². The zero-order valence-corrected chi connectivity index (χ0v) is 80.1. The number of carboxylic acid groups (broad SMARTS) is 2. The Bertz CT molecular complexity index is 5020.